The molecule has 2 aliphatic rings. The lowest BCUT2D eigenvalue weighted by atomic mass is 9.92. The topological polar surface area (TPSA) is 81.7 Å². The summed E-state index contributed by atoms with van der Waals surface area (Å²) in [5, 5.41) is 11.5. The smallest absolute Gasteiger partial charge is 0.189 e. The molecule has 1 N–H and O–H groups in total. The molecule has 2 bridgehead atoms. The van der Waals surface area contributed by atoms with E-state index in [1.54, 1.807) is 11.6 Å². The largest absolute Gasteiger partial charge is 0.488 e. The minimum atomic E-state index is -0.427. The summed E-state index contributed by atoms with van der Waals surface area (Å²) in [6.45, 7) is 3.48. The number of pyridine rings is 2. The van der Waals surface area contributed by atoms with Crippen LogP contribution in [-0.4, -0.2) is 67.7 Å². The van der Waals surface area contributed by atoms with Gasteiger partial charge in [0, 0.05) is 55.5 Å². The number of anilines is 2. The summed E-state index contributed by atoms with van der Waals surface area (Å²) in [5.74, 6) is 1.01. The number of aryl methyl sites for hydroxylation is 2. The first kappa shape index (κ1) is 22.0. The summed E-state index contributed by atoms with van der Waals surface area (Å²) in [7, 11) is 3.85. The molecule has 0 aromatic carbocycles. The fraction of sp³-hybridized carbons (Fsp3) is 0.400. The van der Waals surface area contributed by atoms with Crippen LogP contribution < -0.4 is 10.1 Å². The maximum atomic E-state index is 14.0. The molecule has 0 amide bonds. The van der Waals surface area contributed by atoms with Gasteiger partial charge in [0.05, 0.1) is 31.1 Å². The third kappa shape index (κ3) is 4.23. The van der Waals surface area contributed by atoms with Gasteiger partial charge >= 0.3 is 0 Å². The fourth-order valence-corrected chi connectivity index (χ4v) is 5.08. The lowest BCUT2D eigenvalue weighted by molar-refractivity contribution is -0.0879. The summed E-state index contributed by atoms with van der Waals surface area (Å²) in [5.41, 5.74) is 3.78. The number of ether oxygens (including phenoxy) is 2. The van der Waals surface area contributed by atoms with Gasteiger partial charge < -0.3 is 14.8 Å². The van der Waals surface area contributed by atoms with Gasteiger partial charge in [-0.2, -0.15) is 10.2 Å². The minimum absolute atomic E-state index is 0.121. The number of nitrogens with one attached hydrogen (secondary N) is 1. The summed E-state index contributed by atoms with van der Waals surface area (Å²) in [6.07, 6.45) is 7.01. The predicted octanol–water partition coefficient (Wildman–Crippen LogP) is 3.56. The number of hydrogen-bond donors (Lipinski definition) is 1. The summed E-state index contributed by atoms with van der Waals surface area (Å²) < 4.78 is 29.5. The molecule has 6 heterocycles. The normalized spacial score (nSPS) is 22.5. The number of hydrogen-bond acceptors (Lipinski definition) is 7. The molecule has 0 saturated carbocycles. The van der Waals surface area contributed by atoms with Crippen molar-refractivity contribution in [1.82, 2.24) is 29.3 Å². The van der Waals surface area contributed by atoms with E-state index in [0.717, 1.165) is 54.1 Å². The Morgan fingerprint density at radius 2 is 1.91 bits per heavy atom. The Balaban J connectivity index is 1.28. The zero-order chi connectivity index (χ0) is 24.1. The van der Waals surface area contributed by atoms with E-state index in [2.05, 4.69) is 38.5 Å². The van der Waals surface area contributed by atoms with Gasteiger partial charge in [0.1, 0.15) is 11.9 Å². The second-order valence-electron chi connectivity index (χ2n) is 9.48. The van der Waals surface area contributed by atoms with E-state index >= 15 is 0 Å². The lowest BCUT2D eigenvalue weighted by Crippen LogP contribution is -2.57. The van der Waals surface area contributed by atoms with Gasteiger partial charge in [-0.1, -0.05) is 0 Å². The van der Waals surface area contributed by atoms with Crippen molar-refractivity contribution < 1.29 is 13.9 Å². The van der Waals surface area contributed by atoms with Crippen molar-refractivity contribution in [2.75, 3.05) is 25.6 Å². The highest BCUT2D eigenvalue weighted by molar-refractivity contribution is 5.75. The molecule has 9 nitrogen and oxygen atoms in total. The van der Waals surface area contributed by atoms with Crippen LogP contribution in [0.2, 0.25) is 0 Å². The highest BCUT2D eigenvalue weighted by Crippen LogP contribution is 2.35. The van der Waals surface area contributed by atoms with Crippen LogP contribution >= 0.6 is 0 Å². The molecule has 4 aromatic rings. The number of rotatable bonds is 5. The van der Waals surface area contributed by atoms with E-state index in [1.165, 1.54) is 10.9 Å². The zero-order valence-corrected chi connectivity index (χ0v) is 20.0. The van der Waals surface area contributed by atoms with Gasteiger partial charge in [-0.15, -0.1) is 0 Å². The van der Waals surface area contributed by atoms with Crippen molar-refractivity contribution in [1.29, 1.82) is 0 Å². The number of aromatic nitrogens is 5. The van der Waals surface area contributed by atoms with E-state index in [9.17, 15) is 4.39 Å². The molecule has 3 atom stereocenters. The molecule has 1 unspecified atom stereocenters. The molecule has 35 heavy (non-hydrogen) atoms. The highest BCUT2D eigenvalue weighted by Gasteiger charge is 2.38. The molecule has 2 fully saturated rings. The second-order valence-corrected chi connectivity index (χ2v) is 9.48. The second kappa shape index (κ2) is 8.62. The molecule has 0 spiro atoms. The molecular weight excluding hydrogens is 449 g/mol. The van der Waals surface area contributed by atoms with E-state index in [-0.39, 0.29) is 11.9 Å². The Hall–Kier alpha value is -3.50. The Bertz CT molecular complexity index is 1370. The quantitative estimate of drug-likeness (QED) is 0.471. The first-order chi connectivity index (χ1) is 16.9. The van der Waals surface area contributed by atoms with Gasteiger partial charge in [0.2, 0.25) is 0 Å². The lowest BCUT2D eigenvalue weighted by Gasteiger charge is -2.46. The molecule has 2 saturated heterocycles. The number of likely N-dealkylation sites (N-methyl/N-ethyl adjacent to an activating group) is 1. The van der Waals surface area contributed by atoms with E-state index in [1.807, 2.05) is 37.5 Å². The molecule has 10 heteroatoms. The predicted molar refractivity (Wildman–Crippen MR) is 129 cm³/mol. The first-order valence-electron chi connectivity index (χ1n) is 11.8. The van der Waals surface area contributed by atoms with Gasteiger partial charge in [-0.05, 0) is 37.7 Å². The number of morpholine rings is 1. The Labute approximate surface area is 202 Å². The third-order valence-electron chi connectivity index (χ3n) is 6.95. The van der Waals surface area contributed by atoms with Gasteiger partial charge in [-0.25, -0.2) is 8.91 Å². The van der Waals surface area contributed by atoms with Crippen molar-refractivity contribution in [3.8, 4) is 16.9 Å². The molecule has 0 aliphatic carbocycles. The standard InChI is InChI=1S/C25H28FN7O2/c1-15-6-21(23(11-27-15)35-20-8-18-13-34-14-19(9-20)32(18)3)16-4-5-33-17(7-16)10-24(29-33)28-25-22(26)12-31(2)30-25/h4-7,10-12,18-20H,8-9,13-14H2,1-3H3,(H,28,29,30)/t18-,19+,20?. The SMILES string of the molecule is Cc1cc(-c2ccn3nc(Nc4nn(C)cc4F)cc3c2)c(OC2C[C@H]3COC[C@@H](C2)N3C)cn1. The summed E-state index contributed by atoms with van der Waals surface area (Å²) >= 11 is 0. The first-order valence-corrected chi connectivity index (χ1v) is 11.8. The van der Waals surface area contributed by atoms with Gasteiger partial charge in [0.15, 0.2) is 17.5 Å². The average molecular weight is 478 g/mol. The van der Waals surface area contributed by atoms with Gasteiger partial charge in [-0.3, -0.25) is 14.6 Å². The van der Waals surface area contributed by atoms with Crippen molar-refractivity contribution in [2.45, 2.75) is 38.0 Å². The average Bonchev–Trinajstić information content (AvgIpc) is 3.36. The number of piperidine rings is 1. The molecule has 4 aromatic heterocycles. The maximum Gasteiger partial charge on any atom is 0.189 e. The molecule has 6 rings (SSSR count). The Morgan fingerprint density at radius 1 is 1.11 bits per heavy atom. The van der Waals surface area contributed by atoms with Crippen LogP contribution in [0.1, 0.15) is 18.5 Å². The number of nitrogens with zero attached hydrogens (tertiary/aromatic N) is 6. The van der Waals surface area contributed by atoms with Crippen LogP contribution in [0, 0.1) is 12.7 Å². The minimum Gasteiger partial charge on any atom is -0.488 e. The van der Waals surface area contributed by atoms with Crippen LogP contribution in [-0.2, 0) is 11.8 Å². The Morgan fingerprint density at radius 3 is 2.66 bits per heavy atom. The number of fused-ring (bicyclic) bond motifs is 3. The van der Waals surface area contributed by atoms with Crippen molar-refractivity contribution in [3.63, 3.8) is 0 Å². The van der Waals surface area contributed by atoms with E-state index in [4.69, 9.17) is 9.47 Å². The fourth-order valence-electron chi connectivity index (χ4n) is 5.08. The van der Waals surface area contributed by atoms with Crippen molar-refractivity contribution >= 4 is 17.2 Å². The van der Waals surface area contributed by atoms with Crippen molar-refractivity contribution in [3.05, 3.63) is 54.4 Å². The Kier molecular flexibility index (Phi) is 5.42. The van der Waals surface area contributed by atoms with Gasteiger partial charge in [0.25, 0.3) is 0 Å². The molecule has 182 valence electrons. The van der Waals surface area contributed by atoms with Crippen LogP contribution in [0.25, 0.3) is 16.6 Å². The third-order valence-corrected chi connectivity index (χ3v) is 6.95. The van der Waals surface area contributed by atoms with Crippen molar-refractivity contribution in [2.24, 2.45) is 7.05 Å². The summed E-state index contributed by atoms with van der Waals surface area (Å²) in [6, 6.07) is 8.73. The highest BCUT2D eigenvalue weighted by atomic mass is 19.1. The monoisotopic (exact) mass is 477 g/mol. The van der Waals surface area contributed by atoms with Crippen LogP contribution in [0.15, 0.2) is 42.9 Å². The molecule has 0 radical (unpaired) electrons. The maximum absolute atomic E-state index is 14.0. The van der Waals surface area contributed by atoms with Crippen LogP contribution in [0.4, 0.5) is 16.0 Å². The van der Waals surface area contributed by atoms with Crippen LogP contribution in [0.5, 0.6) is 5.75 Å². The molecule has 2 aliphatic heterocycles. The molecular formula is C25H28FN7O2. The van der Waals surface area contributed by atoms with E-state index in [0.29, 0.717) is 17.9 Å². The van der Waals surface area contributed by atoms with E-state index < -0.39 is 5.82 Å². The zero-order valence-electron chi connectivity index (χ0n) is 20.0. The van der Waals surface area contributed by atoms with Crippen LogP contribution in [0.3, 0.4) is 0 Å². The number of halogens is 1. The summed E-state index contributed by atoms with van der Waals surface area (Å²) in [4.78, 5) is 6.93.